The van der Waals surface area contributed by atoms with E-state index < -0.39 is 5.25 Å². The van der Waals surface area contributed by atoms with Gasteiger partial charge in [0.25, 0.3) is 0 Å². The Hall–Kier alpha value is -2.22. The Kier molecular flexibility index (Phi) is 9.83. The highest BCUT2D eigenvalue weighted by Gasteiger charge is 2.32. The molecule has 0 saturated carbocycles. The van der Waals surface area contributed by atoms with Crippen molar-refractivity contribution in [2.45, 2.75) is 64.0 Å². The number of amides is 2. The van der Waals surface area contributed by atoms with E-state index in [0.717, 1.165) is 18.4 Å². The summed E-state index contributed by atoms with van der Waals surface area (Å²) in [4.78, 5) is 24.1. The van der Waals surface area contributed by atoms with Gasteiger partial charge >= 0.3 is 0 Å². The van der Waals surface area contributed by atoms with Gasteiger partial charge in [-0.25, -0.2) is 4.39 Å². The summed E-state index contributed by atoms with van der Waals surface area (Å²) in [6, 6.07) is 5.94. The van der Waals surface area contributed by atoms with Crippen LogP contribution in [0.5, 0.6) is 0 Å². The van der Waals surface area contributed by atoms with E-state index >= 15 is 0 Å². The van der Waals surface area contributed by atoms with Gasteiger partial charge in [-0.15, -0.1) is 5.10 Å². The van der Waals surface area contributed by atoms with Crippen LogP contribution in [0.15, 0.2) is 34.5 Å². The second-order valence-electron chi connectivity index (χ2n) is 7.02. The van der Waals surface area contributed by atoms with Crippen molar-refractivity contribution in [3.05, 3.63) is 35.6 Å². The molecule has 1 atom stereocenters. The van der Waals surface area contributed by atoms with Crippen LogP contribution < -0.4 is 10.6 Å². The van der Waals surface area contributed by atoms with E-state index in [2.05, 4.69) is 27.8 Å². The van der Waals surface area contributed by atoms with E-state index in [1.165, 1.54) is 49.6 Å². The fourth-order valence-electron chi connectivity index (χ4n) is 2.83. The van der Waals surface area contributed by atoms with Gasteiger partial charge in [-0.05, 0) is 31.0 Å². The average Bonchev–Trinajstić information content (AvgIpc) is 3.05. The van der Waals surface area contributed by atoms with Crippen molar-refractivity contribution in [1.29, 1.82) is 0 Å². The van der Waals surface area contributed by atoms with Crippen LogP contribution in [-0.4, -0.2) is 34.5 Å². The molecule has 6 nitrogen and oxygen atoms in total. The highest BCUT2D eigenvalue weighted by Crippen LogP contribution is 2.22. The first-order chi connectivity index (χ1) is 14.0. The lowest BCUT2D eigenvalue weighted by Gasteiger charge is -2.07. The van der Waals surface area contributed by atoms with Gasteiger partial charge < -0.3 is 10.6 Å². The first-order valence-electron chi connectivity index (χ1n) is 10.1. The first kappa shape index (κ1) is 23.1. The minimum absolute atomic E-state index is 0.117. The molecule has 2 rings (SSSR count). The van der Waals surface area contributed by atoms with Crippen LogP contribution in [0, 0.1) is 5.82 Å². The molecule has 0 aromatic heterocycles. The maximum absolute atomic E-state index is 13.0. The molecule has 0 radical (unpaired) electrons. The number of unbranched alkanes of at least 4 members (excludes halogenated alkanes) is 5. The van der Waals surface area contributed by atoms with Gasteiger partial charge in [0.2, 0.25) is 11.8 Å². The third kappa shape index (κ3) is 8.35. The van der Waals surface area contributed by atoms with Crippen LogP contribution in [0.2, 0.25) is 0 Å². The normalized spacial score (nSPS) is 18.2. The second-order valence-corrected chi connectivity index (χ2v) is 8.21. The van der Waals surface area contributed by atoms with E-state index in [1.807, 2.05) is 0 Å². The number of hydrogen-bond donors (Lipinski definition) is 2. The fraction of sp³-hybridized carbons (Fsp3) is 0.524. The lowest BCUT2D eigenvalue weighted by molar-refractivity contribution is -0.125. The fourth-order valence-corrected chi connectivity index (χ4v) is 3.75. The topological polar surface area (TPSA) is 82.9 Å². The Morgan fingerprint density at radius 2 is 1.86 bits per heavy atom. The van der Waals surface area contributed by atoms with Gasteiger partial charge in [0.15, 0.2) is 5.17 Å². The molecule has 1 aliphatic rings. The zero-order valence-corrected chi connectivity index (χ0v) is 17.9. The molecule has 0 unspecified atom stereocenters. The van der Waals surface area contributed by atoms with Crippen LogP contribution in [0.25, 0.3) is 0 Å². The molecule has 1 saturated heterocycles. The molecule has 0 aliphatic carbocycles. The van der Waals surface area contributed by atoms with Gasteiger partial charge in [-0.2, -0.15) is 5.10 Å². The van der Waals surface area contributed by atoms with Crippen LogP contribution in [0.1, 0.15) is 64.4 Å². The van der Waals surface area contributed by atoms with Crippen molar-refractivity contribution in [1.82, 2.24) is 10.6 Å². The Labute approximate surface area is 175 Å². The van der Waals surface area contributed by atoms with Gasteiger partial charge in [-0.1, -0.05) is 62.9 Å². The molecule has 1 aromatic carbocycles. The number of carbonyl (C=O) groups excluding carboxylic acids is 2. The van der Waals surface area contributed by atoms with E-state index in [4.69, 9.17) is 0 Å². The number of nitrogens with one attached hydrogen (secondary N) is 2. The van der Waals surface area contributed by atoms with Crippen LogP contribution in [0.4, 0.5) is 4.39 Å². The number of rotatable bonds is 11. The average molecular weight is 421 g/mol. The van der Waals surface area contributed by atoms with Gasteiger partial charge in [0.05, 0.1) is 5.71 Å². The van der Waals surface area contributed by atoms with Crippen LogP contribution in [-0.2, 0) is 9.59 Å². The van der Waals surface area contributed by atoms with Crippen LogP contribution in [0.3, 0.4) is 0 Å². The van der Waals surface area contributed by atoms with Gasteiger partial charge in [0.1, 0.15) is 11.1 Å². The number of nitrogens with zero attached hydrogens (tertiary/aromatic N) is 2. The lowest BCUT2D eigenvalue weighted by atomic mass is 10.1. The molecule has 0 spiro atoms. The highest BCUT2D eigenvalue weighted by atomic mass is 32.2. The molecular weight excluding hydrogens is 391 g/mol. The summed E-state index contributed by atoms with van der Waals surface area (Å²) in [5, 5.41) is 13.5. The molecule has 1 heterocycles. The summed E-state index contributed by atoms with van der Waals surface area (Å²) in [6.07, 6.45) is 7.12. The minimum atomic E-state index is -0.500. The summed E-state index contributed by atoms with van der Waals surface area (Å²) in [5.74, 6) is -0.680. The number of benzene rings is 1. The summed E-state index contributed by atoms with van der Waals surface area (Å²) < 4.78 is 13.0. The highest BCUT2D eigenvalue weighted by molar-refractivity contribution is 8.15. The number of carbonyl (C=O) groups is 2. The Bertz CT molecular complexity index is 750. The van der Waals surface area contributed by atoms with E-state index in [-0.39, 0.29) is 24.1 Å². The van der Waals surface area contributed by atoms with Crippen molar-refractivity contribution < 1.29 is 14.0 Å². The summed E-state index contributed by atoms with van der Waals surface area (Å²) in [7, 11) is 0. The monoisotopic (exact) mass is 420 g/mol. The predicted octanol–water partition coefficient (Wildman–Crippen LogP) is 4.00. The molecule has 158 valence electrons. The third-order valence-electron chi connectivity index (χ3n) is 4.55. The zero-order chi connectivity index (χ0) is 21.1. The Morgan fingerprint density at radius 3 is 2.59 bits per heavy atom. The zero-order valence-electron chi connectivity index (χ0n) is 17.0. The largest absolute Gasteiger partial charge is 0.356 e. The van der Waals surface area contributed by atoms with Crippen molar-refractivity contribution in [3.8, 4) is 0 Å². The quantitative estimate of drug-likeness (QED) is 0.322. The third-order valence-corrected chi connectivity index (χ3v) is 5.62. The Morgan fingerprint density at radius 1 is 1.17 bits per heavy atom. The van der Waals surface area contributed by atoms with Crippen molar-refractivity contribution in [2.75, 3.05) is 6.54 Å². The molecule has 2 N–H and O–H groups in total. The standard InChI is InChI=1S/C21H29FN4O2S/c1-3-4-5-6-7-8-13-23-19(27)14-18-20(28)24-21(29-18)26-25-15(2)16-9-11-17(22)12-10-16/h9-12,18H,3-8,13-14H2,1-2H3,(H,23,27)(H,24,26,28)/b25-15-/t18-/m0/s1. The molecule has 29 heavy (non-hydrogen) atoms. The summed E-state index contributed by atoms with van der Waals surface area (Å²) in [6.45, 7) is 4.59. The number of halogens is 1. The molecule has 2 amide bonds. The Balaban J connectivity index is 1.74. The van der Waals surface area contributed by atoms with Gasteiger partial charge in [0, 0.05) is 13.0 Å². The lowest BCUT2D eigenvalue weighted by Crippen LogP contribution is -2.31. The molecule has 1 aromatic rings. The summed E-state index contributed by atoms with van der Waals surface area (Å²) >= 11 is 1.20. The maximum Gasteiger partial charge on any atom is 0.240 e. The van der Waals surface area contributed by atoms with Crippen molar-refractivity contribution >= 4 is 34.5 Å². The molecular formula is C21H29FN4O2S. The number of amidine groups is 1. The minimum Gasteiger partial charge on any atom is -0.356 e. The van der Waals surface area contributed by atoms with Crippen LogP contribution >= 0.6 is 11.8 Å². The van der Waals surface area contributed by atoms with E-state index in [9.17, 15) is 14.0 Å². The van der Waals surface area contributed by atoms with Crippen molar-refractivity contribution in [2.24, 2.45) is 10.2 Å². The first-order valence-corrected chi connectivity index (χ1v) is 11.0. The predicted molar refractivity (Wildman–Crippen MR) is 117 cm³/mol. The number of hydrogen-bond acceptors (Lipinski definition) is 5. The molecule has 1 fully saturated rings. The smallest absolute Gasteiger partial charge is 0.240 e. The number of thioether (sulfide) groups is 1. The van der Waals surface area contributed by atoms with E-state index in [1.54, 1.807) is 19.1 Å². The SMILES string of the molecule is CCCCCCCCNC(=O)C[C@@H]1S/C(=N\N=C(\C)c2ccc(F)cc2)NC1=O. The molecule has 8 heteroatoms. The maximum atomic E-state index is 13.0. The van der Waals surface area contributed by atoms with Crippen molar-refractivity contribution in [3.63, 3.8) is 0 Å². The second kappa shape index (κ2) is 12.4. The van der Waals surface area contributed by atoms with E-state index in [0.29, 0.717) is 17.4 Å². The molecule has 0 bridgehead atoms. The van der Waals surface area contributed by atoms with Gasteiger partial charge in [-0.3, -0.25) is 9.59 Å². The molecule has 1 aliphatic heterocycles. The summed E-state index contributed by atoms with van der Waals surface area (Å²) in [5.41, 5.74) is 1.35.